The fourth-order valence-corrected chi connectivity index (χ4v) is 2.45. The summed E-state index contributed by atoms with van der Waals surface area (Å²) in [6.07, 6.45) is 2.13. The van der Waals surface area contributed by atoms with E-state index in [1.807, 2.05) is 13.0 Å². The van der Waals surface area contributed by atoms with Gasteiger partial charge in [0.05, 0.1) is 16.3 Å². The van der Waals surface area contributed by atoms with E-state index in [4.69, 9.17) is 16.3 Å². The van der Waals surface area contributed by atoms with Gasteiger partial charge in [0.2, 0.25) is 0 Å². The number of benzene rings is 1. The summed E-state index contributed by atoms with van der Waals surface area (Å²) in [4.78, 5) is 28.4. The second-order valence-corrected chi connectivity index (χ2v) is 6.27. The molecule has 3 aromatic rings. The number of rotatable bonds is 5. The molecule has 0 aliphatic rings. The fourth-order valence-electron chi connectivity index (χ4n) is 2.34. The molecule has 0 spiro atoms. The fraction of sp³-hybridized carbons (Fsp3) is 0.158. The van der Waals surface area contributed by atoms with Crippen molar-refractivity contribution in [1.29, 1.82) is 0 Å². The van der Waals surface area contributed by atoms with Crippen molar-refractivity contribution >= 4 is 29.3 Å². The minimum absolute atomic E-state index is 0.325. The number of esters is 1. The highest BCUT2D eigenvalue weighted by atomic mass is 35.5. The third-order valence-electron chi connectivity index (χ3n) is 3.81. The van der Waals surface area contributed by atoms with Crippen LogP contribution in [0.2, 0.25) is 5.02 Å². The maximum atomic E-state index is 12.3. The van der Waals surface area contributed by atoms with E-state index in [1.54, 1.807) is 47.3 Å². The zero-order valence-electron chi connectivity index (χ0n) is 14.7. The first kappa shape index (κ1) is 18.6. The quantitative estimate of drug-likeness (QED) is 0.681. The summed E-state index contributed by atoms with van der Waals surface area (Å²) in [7, 11) is 0. The number of nitrogens with zero attached hydrogens (tertiary/aromatic N) is 3. The topological polar surface area (TPSA) is 86.1 Å². The van der Waals surface area contributed by atoms with Crippen LogP contribution in [0.4, 0.5) is 5.82 Å². The Bertz CT molecular complexity index is 952. The summed E-state index contributed by atoms with van der Waals surface area (Å²) in [5.74, 6) is -0.751. The molecule has 1 amide bonds. The lowest BCUT2D eigenvalue weighted by molar-refractivity contribution is -0.123. The first-order valence-electron chi connectivity index (χ1n) is 8.18. The molecule has 138 valence electrons. The third kappa shape index (κ3) is 4.51. The van der Waals surface area contributed by atoms with E-state index in [9.17, 15) is 9.59 Å². The minimum Gasteiger partial charge on any atom is -0.449 e. The molecule has 1 N–H and O–H groups in total. The molecule has 2 aromatic heterocycles. The summed E-state index contributed by atoms with van der Waals surface area (Å²) in [6.45, 7) is 3.43. The Balaban J connectivity index is 1.61. The van der Waals surface area contributed by atoms with Gasteiger partial charge in [-0.2, -0.15) is 5.10 Å². The number of hydrogen-bond acceptors (Lipinski definition) is 5. The molecule has 1 atom stereocenters. The normalized spacial score (nSPS) is 11.7. The van der Waals surface area contributed by atoms with E-state index in [1.165, 1.54) is 13.1 Å². The molecule has 0 saturated heterocycles. The van der Waals surface area contributed by atoms with Crippen molar-refractivity contribution in [3.63, 3.8) is 0 Å². The van der Waals surface area contributed by atoms with Gasteiger partial charge >= 0.3 is 5.97 Å². The van der Waals surface area contributed by atoms with Gasteiger partial charge in [-0.1, -0.05) is 11.6 Å². The van der Waals surface area contributed by atoms with Gasteiger partial charge in [-0.05, 0) is 56.3 Å². The lowest BCUT2D eigenvalue weighted by Gasteiger charge is -2.13. The Morgan fingerprint density at radius 1 is 1.15 bits per heavy atom. The van der Waals surface area contributed by atoms with E-state index in [2.05, 4.69) is 15.4 Å². The summed E-state index contributed by atoms with van der Waals surface area (Å²) >= 11 is 5.75. The predicted octanol–water partition coefficient (Wildman–Crippen LogP) is 3.41. The van der Waals surface area contributed by atoms with Crippen molar-refractivity contribution < 1.29 is 14.3 Å². The molecule has 27 heavy (non-hydrogen) atoms. The lowest BCUT2D eigenvalue weighted by Crippen LogP contribution is -2.30. The summed E-state index contributed by atoms with van der Waals surface area (Å²) < 4.78 is 6.98. The van der Waals surface area contributed by atoms with Crippen LogP contribution >= 0.6 is 11.6 Å². The highest BCUT2D eigenvalue weighted by molar-refractivity contribution is 6.30. The monoisotopic (exact) mass is 384 g/mol. The zero-order chi connectivity index (χ0) is 19.4. The molecular formula is C19H17ClN4O3. The first-order chi connectivity index (χ1) is 12.9. The van der Waals surface area contributed by atoms with Crippen LogP contribution in [-0.4, -0.2) is 32.7 Å². The largest absolute Gasteiger partial charge is 0.449 e. The minimum atomic E-state index is -0.983. The van der Waals surface area contributed by atoms with Gasteiger partial charge < -0.3 is 10.1 Å². The van der Waals surface area contributed by atoms with Gasteiger partial charge in [-0.25, -0.2) is 14.5 Å². The molecule has 1 aromatic carbocycles. The second kappa shape index (κ2) is 8.01. The first-order valence-corrected chi connectivity index (χ1v) is 8.56. The molecular weight excluding hydrogens is 368 g/mol. The molecule has 0 unspecified atom stereocenters. The number of hydrogen-bond donors (Lipinski definition) is 1. The second-order valence-electron chi connectivity index (χ2n) is 5.83. The van der Waals surface area contributed by atoms with E-state index >= 15 is 0 Å². The standard InChI is InChI=1S/C19H17ClN4O3/c1-12-9-10-22-24(12)16-6-3-14(4-7-16)19(26)27-13(2)18(25)23-17-8-5-15(20)11-21-17/h3-11,13H,1-2H3,(H,21,23,25)/t13-/m1/s1. The van der Waals surface area contributed by atoms with Gasteiger partial charge in [0, 0.05) is 18.1 Å². The Morgan fingerprint density at radius 3 is 2.48 bits per heavy atom. The third-order valence-corrected chi connectivity index (χ3v) is 4.03. The van der Waals surface area contributed by atoms with Crippen LogP contribution in [0.15, 0.2) is 54.9 Å². The summed E-state index contributed by atoms with van der Waals surface area (Å²) in [6, 6.07) is 11.8. The Morgan fingerprint density at radius 2 is 1.89 bits per heavy atom. The number of amides is 1. The van der Waals surface area contributed by atoms with Crippen molar-refractivity contribution in [2.24, 2.45) is 0 Å². The van der Waals surface area contributed by atoms with Crippen molar-refractivity contribution in [2.45, 2.75) is 20.0 Å². The van der Waals surface area contributed by atoms with Gasteiger partial charge in [0.25, 0.3) is 5.91 Å². The highest BCUT2D eigenvalue weighted by Gasteiger charge is 2.19. The number of anilines is 1. The maximum Gasteiger partial charge on any atom is 0.338 e. The van der Waals surface area contributed by atoms with Gasteiger partial charge in [-0.15, -0.1) is 0 Å². The van der Waals surface area contributed by atoms with E-state index < -0.39 is 18.0 Å². The summed E-state index contributed by atoms with van der Waals surface area (Å²) in [5.41, 5.74) is 2.15. The van der Waals surface area contributed by atoms with Gasteiger partial charge in [0.15, 0.2) is 6.10 Å². The zero-order valence-corrected chi connectivity index (χ0v) is 15.5. The molecule has 3 rings (SSSR count). The van der Waals surface area contributed by atoms with Crippen LogP contribution < -0.4 is 5.32 Å². The molecule has 0 fully saturated rings. The summed E-state index contributed by atoms with van der Waals surface area (Å²) in [5, 5.41) is 7.23. The number of ether oxygens (including phenoxy) is 1. The Labute approximate surface area is 160 Å². The van der Waals surface area contributed by atoms with Crippen LogP contribution in [-0.2, 0) is 9.53 Å². The van der Waals surface area contributed by atoms with Crippen molar-refractivity contribution in [3.05, 3.63) is 71.1 Å². The van der Waals surface area contributed by atoms with Crippen molar-refractivity contribution in [3.8, 4) is 5.69 Å². The van der Waals surface area contributed by atoms with Crippen LogP contribution in [0.3, 0.4) is 0 Å². The molecule has 0 aliphatic heterocycles. The molecule has 0 saturated carbocycles. The molecule has 8 heteroatoms. The maximum absolute atomic E-state index is 12.3. The lowest BCUT2D eigenvalue weighted by atomic mass is 10.2. The van der Waals surface area contributed by atoms with Crippen molar-refractivity contribution in [1.82, 2.24) is 14.8 Å². The van der Waals surface area contributed by atoms with Crippen LogP contribution in [0, 0.1) is 6.92 Å². The number of carbonyl (C=O) groups excluding carboxylic acids is 2. The molecule has 7 nitrogen and oxygen atoms in total. The Hall–Kier alpha value is -3.19. The SMILES string of the molecule is Cc1ccnn1-c1ccc(C(=O)O[C@H](C)C(=O)Nc2ccc(Cl)cn2)cc1. The van der Waals surface area contributed by atoms with E-state index in [0.717, 1.165) is 11.4 Å². The van der Waals surface area contributed by atoms with Crippen LogP contribution in [0.1, 0.15) is 23.0 Å². The smallest absolute Gasteiger partial charge is 0.338 e. The van der Waals surface area contributed by atoms with E-state index in [0.29, 0.717) is 16.4 Å². The Kier molecular flexibility index (Phi) is 5.52. The average molecular weight is 385 g/mol. The number of aryl methyl sites for hydroxylation is 1. The molecule has 2 heterocycles. The van der Waals surface area contributed by atoms with Crippen LogP contribution in [0.5, 0.6) is 0 Å². The van der Waals surface area contributed by atoms with Crippen molar-refractivity contribution in [2.75, 3.05) is 5.32 Å². The number of carbonyl (C=O) groups is 2. The number of pyridine rings is 1. The van der Waals surface area contributed by atoms with Gasteiger partial charge in [-0.3, -0.25) is 4.79 Å². The number of nitrogens with one attached hydrogen (secondary N) is 1. The average Bonchev–Trinajstić information content (AvgIpc) is 3.09. The van der Waals surface area contributed by atoms with Gasteiger partial charge in [0.1, 0.15) is 5.82 Å². The molecule has 0 bridgehead atoms. The predicted molar refractivity (Wildman–Crippen MR) is 101 cm³/mol. The molecule has 0 aliphatic carbocycles. The number of halogens is 1. The highest BCUT2D eigenvalue weighted by Crippen LogP contribution is 2.14. The molecule has 0 radical (unpaired) electrons. The van der Waals surface area contributed by atoms with Crippen LogP contribution in [0.25, 0.3) is 5.69 Å². The van der Waals surface area contributed by atoms with E-state index in [-0.39, 0.29) is 0 Å². The number of aromatic nitrogens is 3.